The van der Waals surface area contributed by atoms with Gasteiger partial charge >= 0.3 is 5.97 Å². The Balaban J connectivity index is 1.90. The van der Waals surface area contributed by atoms with E-state index in [9.17, 15) is 14.7 Å². The first kappa shape index (κ1) is 15.4. The molecule has 0 heterocycles. The molecule has 1 saturated carbocycles. The monoisotopic (exact) mass is 291 g/mol. The third-order valence-corrected chi connectivity index (χ3v) is 4.23. The Labute approximate surface area is 124 Å². The number of aliphatic carboxylic acids is 1. The number of carbonyl (C=O) groups is 2. The van der Waals surface area contributed by atoms with Crippen LogP contribution in [0.5, 0.6) is 5.75 Å². The van der Waals surface area contributed by atoms with Crippen LogP contribution in [0.3, 0.4) is 0 Å². The second-order valence-electron chi connectivity index (χ2n) is 5.79. The van der Waals surface area contributed by atoms with Crippen molar-refractivity contribution < 1.29 is 19.4 Å². The highest BCUT2D eigenvalue weighted by Gasteiger charge is 2.45. The largest absolute Gasteiger partial charge is 0.484 e. The first-order valence-electron chi connectivity index (χ1n) is 7.14. The van der Waals surface area contributed by atoms with Crippen LogP contribution < -0.4 is 10.1 Å². The Morgan fingerprint density at radius 1 is 1.43 bits per heavy atom. The number of carbonyl (C=O) groups excluding carboxylic acids is 1. The number of nitrogens with one attached hydrogen (secondary N) is 1. The lowest BCUT2D eigenvalue weighted by atomic mass is 9.85. The maximum atomic E-state index is 12.0. The van der Waals surface area contributed by atoms with Gasteiger partial charge in [-0.1, -0.05) is 24.6 Å². The summed E-state index contributed by atoms with van der Waals surface area (Å²) >= 11 is 0. The van der Waals surface area contributed by atoms with Crippen LogP contribution in [-0.2, 0) is 9.59 Å². The van der Waals surface area contributed by atoms with Crippen molar-refractivity contribution in [3.05, 3.63) is 29.8 Å². The molecule has 1 fully saturated rings. The summed E-state index contributed by atoms with van der Waals surface area (Å²) in [4.78, 5) is 23.3. The average molecular weight is 291 g/mol. The van der Waals surface area contributed by atoms with E-state index >= 15 is 0 Å². The zero-order valence-corrected chi connectivity index (χ0v) is 12.4. The number of hydrogen-bond donors (Lipinski definition) is 2. The third-order valence-electron chi connectivity index (χ3n) is 4.23. The molecule has 0 bridgehead atoms. The van der Waals surface area contributed by atoms with Gasteiger partial charge < -0.3 is 15.2 Å². The van der Waals surface area contributed by atoms with Gasteiger partial charge in [-0.15, -0.1) is 0 Å². The molecule has 2 rings (SSSR count). The second-order valence-corrected chi connectivity index (χ2v) is 5.79. The van der Waals surface area contributed by atoms with E-state index in [0.717, 1.165) is 12.0 Å². The average Bonchev–Trinajstić information content (AvgIpc) is 2.81. The van der Waals surface area contributed by atoms with Crippen LogP contribution in [0.4, 0.5) is 0 Å². The second kappa shape index (κ2) is 6.16. The molecule has 1 amide bonds. The van der Waals surface area contributed by atoms with Gasteiger partial charge in [0.2, 0.25) is 0 Å². The van der Waals surface area contributed by atoms with Gasteiger partial charge in [-0.2, -0.15) is 0 Å². The summed E-state index contributed by atoms with van der Waals surface area (Å²) in [6.07, 6.45) is 2.09. The van der Waals surface area contributed by atoms with E-state index in [0.29, 0.717) is 18.6 Å². The summed E-state index contributed by atoms with van der Waals surface area (Å²) in [5.41, 5.74) is 0.0831. The van der Waals surface area contributed by atoms with E-state index in [1.165, 1.54) is 0 Å². The lowest BCUT2D eigenvalue weighted by Crippen LogP contribution is -2.48. The molecular formula is C16H21NO4. The summed E-state index contributed by atoms with van der Waals surface area (Å²) in [6.45, 7) is 3.50. The first-order chi connectivity index (χ1) is 9.93. The van der Waals surface area contributed by atoms with Crippen LogP contribution in [0.15, 0.2) is 24.3 Å². The van der Waals surface area contributed by atoms with E-state index in [1.54, 1.807) is 13.0 Å². The fourth-order valence-electron chi connectivity index (χ4n) is 2.75. The SMILES string of the molecule is Cc1ccccc1OCC(=O)NC1CCCC1(C)C(=O)O. The topological polar surface area (TPSA) is 75.6 Å². The van der Waals surface area contributed by atoms with Crippen molar-refractivity contribution in [1.82, 2.24) is 5.32 Å². The van der Waals surface area contributed by atoms with Gasteiger partial charge in [-0.25, -0.2) is 0 Å². The summed E-state index contributed by atoms with van der Waals surface area (Å²) < 4.78 is 5.48. The van der Waals surface area contributed by atoms with Crippen LogP contribution in [0.2, 0.25) is 0 Å². The molecule has 0 radical (unpaired) electrons. The highest BCUT2D eigenvalue weighted by molar-refractivity contribution is 5.81. The maximum absolute atomic E-state index is 12.0. The van der Waals surface area contributed by atoms with Crippen LogP contribution in [0, 0.1) is 12.3 Å². The molecule has 2 atom stereocenters. The Kier molecular flexibility index (Phi) is 4.50. The Hall–Kier alpha value is -2.04. The highest BCUT2D eigenvalue weighted by Crippen LogP contribution is 2.38. The lowest BCUT2D eigenvalue weighted by Gasteiger charge is -2.27. The number of ether oxygens (including phenoxy) is 1. The minimum Gasteiger partial charge on any atom is -0.484 e. The molecule has 114 valence electrons. The molecule has 1 aromatic rings. The molecule has 21 heavy (non-hydrogen) atoms. The molecule has 0 saturated heterocycles. The smallest absolute Gasteiger partial charge is 0.311 e. The molecule has 5 heteroatoms. The number of benzene rings is 1. The number of aryl methyl sites for hydroxylation is 1. The van der Waals surface area contributed by atoms with Crippen molar-refractivity contribution in [2.24, 2.45) is 5.41 Å². The van der Waals surface area contributed by atoms with Gasteiger partial charge in [0.15, 0.2) is 6.61 Å². The highest BCUT2D eigenvalue weighted by atomic mass is 16.5. The Morgan fingerprint density at radius 3 is 2.81 bits per heavy atom. The van der Waals surface area contributed by atoms with E-state index in [2.05, 4.69) is 5.32 Å². The fourth-order valence-corrected chi connectivity index (χ4v) is 2.75. The number of hydrogen-bond acceptors (Lipinski definition) is 3. The van der Waals surface area contributed by atoms with E-state index in [1.807, 2.05) is 25.1 Å². The lowest BCUT2D eigenvalue weighted by molar-refractivity contribution is -0.149. The van der Waals surface area contributed by atoms with Gasteiger partial charge in [-0.3, -0.25) is 9.59 Å². The van der Waals surface area contributed by atoms with Gasteiger partial charge in [0.05, 0.1) is 5.41 Å². The van der Waals surface area contributed by atoms with E-state index < -0.39 is 11.4 Å². The summed E-state index contributed by atoms with van der Waals surface area (Å²) in [6, 6.07) is 7.13. The van der Waals surface area contributed by atoms with Gasteiger partial charge in [0, 0.05) is 6.04 Å². The molecule has 2 N–H and O–H groups in total. The van der Waals surface area contributed by atoms with Crippen LogP contribution in [0.25, 0.3) is 0 Å². The summed E-state index contributed by atoms with van der Waals surface area (Å²) in [5, 5.41) is 12.1. The molecule has 0 spiro atoms. The molecule has 2 unspecified atom stereocenters. The van der Waals surface area contributed by atoms with Gasteiger partial charge in [-0.05, 0) is 38.3 Å². The molecule has 1 aromatic carbocycles. The third kappa shape index (κ3) is 3.35. The zero-order valence-electron chi connectivity index (χ0n) is 12.4. The van der Waals surface area contributed by atoms with Gasteiger partial charge in [0.25, 0.3) is 5.91 Å². The molecule has 1 aliphatic rings. The molecule has 1 aliphatic carbocycles. The van der Waals surface area contributed by atoms with Crippen molar-refractivity contribution in [2.75, 3.05) is 6.61 Å². The Bertz CT molecular complexity index is 543. The van der Waals surface area contributed by atoms with Gasteiger partial charge in [0.1, 0.15) is 5.75 Å². The standard InChI is InChI=1S/C16H21NO4/c1-11-6-3-4-7-12(11)21-10-14(18)17-13-8-5-9-16(13,2)15(19)20/h3-4,6-7,13H,5,8-10H2,1-2H3,(H,17,18)(H,19,20). The predicted octanol–water partition coefficient (Wildman–Crippen LogP) is 2.13. The van der Waals surface area contributed by atoms with Crippen molar-refractivity contribution in [3.63, 3.8) is 0 Å². The number of para-hydroxylation sites is 1. The summed E-state index contributed by atoms with van der Waals surface area (Å²) in [5.74, 6) is -0.470. The van der Waals surface area contributed by atoms with Crippen LogP contribution in [0.1, 0.15) is 31.7 Å². The first-order valence-corrected chi connectivity index (χ1v) is 7.14. The normalized spacial score (nSPS) is 24.6. The number of carboxylic acids is 1. The quantitative estimate of drug-likeness (QED) is 0.871. The molecular weight excluding hydrogens is 270 g/mol. The minimum absolute atomic E-state index is 0.100. The van der Waals surface area contributed by atoms with Crippen molar-refractivity contribution >= 4 is 11.9 Å². The van der Waals surface area contributed by atoms with Crippen molar-refractivity contribution in [1.29, 1.82) is 0 Å². The van der Waals surface area contributed by atoms with E-state index in [-0.39, 0.29) is 18.6 Å². The summed E-state index contributed by atoms with van der Waals surface area (Å²) in [7, 11) is 0. The molecule has 5 nitrogen and oxygen atoms in total. The molecule has 0 aliphatic heterocycles. The minimum atomic E-state index is -0.877. The molecule has 0 aromatic heterocycles. The van der Waals surface area contributed by atoms with E-state index in [4.69, 9.17) is 4.74 Å². The maximum Gasteiger partial charge on any atom is 0.311 e. The van der Waals surface area contributed by atoms with Crippen LogP contribution in [-0.4, -0.2) is 29.6 Å². The number of amides is 1. The van der Waals surface area contributed by atoms with Crippen LogP contribution >= 0.6 is 0 Å². The van der Waals surface area contributed by atoms with Crippen molar-refractivity contribution in [2.45, 2.75) is 39.2 Å². The number of rotatable bonds is 5. The number of carboxylic acid groups (broad SMARTS) is 1. The predicted molar refractivity (Wildman–Crippen MR) is 78.2 cm³/mol. The van der Waals surface area contributed by atoms with Crippen molar-refractivity contribution in [3.8, 4) is 5.75 Å². The fraction of sp³-hybridized carbons (Fsp3) is 0.500. The zero-order chi connectivity index (χ0) is 15.5. The Morgan fingerprint density at radius 2 is 2.14 bits per heavy atom.